The van der Waals surface area contributed by atoms with Gasteiger partial charge in [-0.15, -0.1) is 0 Å². The Morgan fingerprint density at radius 3 is 2.88 bits per heavy atom. The van der Waals surface area contributed by atoms with Crippen molar-refractivity contribution in [3.05, 3.63) is 32.9 Å². The summed E-state index contributed by atoms with van der Waals surface area (Å²) in [6.07, 6.45) is 0.504. The van der Waals surface area contributed by atoms with Crippen molar-refractivity contribution in [2.75, 3.05) is 13.2 Å². The maximum atomic E-state index is 13.0. The summed E-state index contributed by atoms with van der Waals surface area (Å²) in [5.74, 6) is -1.05. The molecule has 1 rings (SSSR count). The molecule has 0 saturated heterocycles. The first-order valence-corrected chi connectivity index (χ1v) is 4.83. The Morgan fingerprint density at radius 1 is 1.62 bits per heavy atom. The van der Waals surface area contributed by atoms with Crippen LogP contribution in [0.2, 0.25) is 0 Å². The predicted molar refractivity (Wildman–Crippen MR) is 53.6 cm³/mol. The summed E-state index contributed by atoms with van der Waals surface area (Å²) in [5, 5.41) is 8.58. The molecule has 0 saturated carbocycles. The standard InChI is InChI=1S/C9H13FN2O4/c1-2-7(16-4-3-13)12-5-6(10)8(14)11-9(12)15/h5,7,13H,2-4H2,1H3,(H,11,14,15). The number of aromatic amines is 1. The highest BCUT2D eigenvalue weighted by atomic mass is 19.1. The first kappa shape index (κ1) is 12.6. The van der Waals surface area contributed by atoms with Crippen LogP contribution in [0.1, 0.15) is 19.6 Å². The fourth-order valence-corrected chi connectivity index (χ4v) is 1.26. The van der Waals surface area contributed by atoms with Crippen molar-refractivity contribution in [1.29, 1.82) is 0 Å². The predicted octanol–water partition coefficient (Wildman–Crippen LogP) is -0.407. The quantitative estimate of drug-likeness (QED) is 0.723. The van der Waals surface area contributed by atoms with Gasteiger partial charge in [-0.05, 0) is 6.42 Å². The summed E-state index contributed by atoms with van der Waals surface area (Å²) in [6.45, 7) is 1.57. The van der Waals surface area contributed by atoms with Crippen LogP contribution in [-0.4, -0.2) is 27.9 Å². The third kappa shape index (κ3) is 2.77. The number of aliphatic hydroxyl groups is 1. The Labute approximate surface area is 90.3 Å². The van der Waals surface area contributed by atoms with Gasteiger partial charge in [0, 0.05) is 0 Å². The van der Waals surface area contributed by atoms with Gasteiger partial charge in [0.15, 0.2) is 0 Å². The fourth-order valence-electron chi connectivity index (χ4n) is 1.26. The number of aromatic nitrogens is 2. The van der Waals surface area contributed by atoms with Crippen molar-refractivity contribution < 1.29 is 14.2 Å². The van der Waals surface area contributed by atoms with Crippen molar-refractivity contribution in [3.63, 3.8) is 0 Å². The molecule has 1 unspecified atom stereocenters. The number of rotatable bonds is 5. The highest BCUT2D eigenvalue weighted by Crippen LogP contribution is 2.09. The zero-order valence-corrected chi connectivity index (χ0v) is 8.77. The zero-order chi connectivity index (χ0) is 12.1. The third-order valence-corrected chi connectivity index (χ3v) is 1.99. The first-order valence-electron chi connectivity index (χ1n) is 4.83. The summed E-state index contributed by atoms with van der Waals surface area (Å²) in [4.78, 5) is 24.0. The summed E-state index contributed by atoms with van der Waals surface area (Å²) in [7, 11) is 0. The number of hydrogen-bond acceptors (Lipinski definition) is 4. The maximum absolute atomic E-state index is 13.0. The van der Waals surface area contributed by atoms with E-state index >= 15 is 0 Å². The van der Waals surface area contributed by atoms with Gasteiger partial charge in [-0.1, -0.05) is 6.92 Å². The lowest BCUT2D eigenvalue weighted by molar-refractivity contribution is -0.0205. The second kappa shape index (κ2) is 5.57. The number of H-pyrrole nitrogens is 1. The van der Waals surface area contributed by atoms with E-state index in [1.165, 1.54) is 0 Å². The molecule has 0 aromatic carbocycles. The average molecular weight is 232 g/mol. The molecule has 2 N–H and O–H groups in total. The molecule has 1 aromatic heterocycles. The Morgan fingerprint density at radius 2 is 2.31 bits per heavy atom. The van der Waals surface area contributed by atoms with Crippen LogP contribution in [0, 0.1) is 5.82 Å². The normalized spacial score (nSPS) is 12.7. The second-order valence-electron chi connectivity index (χ2n) is 3.10. The minimum atomic E-state index is -1.06. The number of nitrogens with zero attached hydrogens (tertiary/aromatic N) is 1. The van der Waals surface area contributed by atoms with Crippen LogP contribution in [0.4, 0.5) is 4.39 Å². The molecule has 1 heterocycles. The van der Waals surface area contributed by atoms with Gasteiger partial charge in [0.05, 0.1) is 19.4 Å². The molecule has 0 amide bonds. The number of aliphatic hydroxyl groups excluding tert-OH is 1. The molecule has 0 aliphatic heterocycles. The highest BCUT2D eigenvalue weighted by Gasteiger charge is 2.13. The molecule has 0 bridgehead atoms. The van der Waals surface area contributed by atoms with E-state index < -0.39 is 23.3 Å². The van der Waals surface area contributed by atoms with Crippen molar-refractivity contribution in [2.24, 2.45) is 0 Å². The van der Waals surface area contributed by atoms with Crippen molar-refractivity contribution in [3.8, 4) is 0 Å². The van der Waals surface area contributed by atoms with Crippen molar-refractivity contribution in [1.82, 2.24) is 9.55 Å². The van der Waals surface area contributed by atoms with Gasteiger partial charge in [0.25, 0.3) is 5.56 Å². The van der Waals surface area contributed by atoms with Gasteiger partial charge in [0.2, 0.25) is 5.82 Å². The number of halogens is 1. The smallest absolute Gasteiger partial charge is 0.330 e. The largest absolute Gasteiger partial charge is 0.394 e. The molecule has 16 heavy (non-hydrogen) atoms. The lowest BCUT2D eigenvalue weighted by Gasteiger charge is -2.17. The van der Waals surface area contributed by atoms with E-state index in [0.29, 0.717) is 6.42 Å². The molecule has 1 atom stereocenters. The van der Waals surface area contributed by atoms with E-state index in [-0.39, 0.29) is 13.2 Å². The van der Waals surface area contributed by atoms with Gasteiger partial charge >= 0.3 is 5.69 Å². The van der Waals surface area contributed by atoms with Crippen molar-refractivity contribution >= 4 is 0 Å². The fraction of sp³-hybridized carbons (Fsp3) is 0.556. The topological polar surface area (TPSA) is 84.3 Å². The van der Waals surface area contributed by atoms with Crippen LogP contribution in [0.3, 0.4) is 0 Å². The van der Waals surface area contributed by atoms with E-state index in [1.807, 2.05) is 4.98 Å². The van der Waals surface area contributed by atoms with Crippen LogP contribution < -0.4 is 11.2 Å². The number of ether oxygens (including phenoxy) is 1. The van der Waals surface area contributed by atoms with E-state index in [0.717, 1.165) is 10.8 Å². The highest BCUT2D eigenvalue weighted by molar-refractivity contribution is 4.88. The van der Waals surface area contributed by atoms with E-state index in [4.69, 9.17) is 9.84 Å². The average Bonchev–Trinajstić information content (AvgIpc) is 2.26. The minimum absolute atomic E-state index is 0.0334. The molecule has 1 aromatic rings. The molecule has 0 fully saturated rings. The molecule has 0 radical (unpaired) electrons. The summed E-state index contributed by atoms with van der Waals surface area (Å²) in [5.41, 5.74) is -1.80. The monoisotopic (exact) mass is 232 g/mol. The molecule has 0 aliphatic rings. The van der Waals surface area contributed by atoms with Gasteiger partial charge in [-0.25, -0.2) is 4.79 Å². The Hall–Kier alpha value is -1.47. The second-order valence-corrected chi connectivity index (χ2v) is 3.10. The van der Waals surface area contributed by atoms with Crippen LogP contribution in [0.5, 0.6) is 0 Å². The summed E-state index contributed by atoms with van der Waals surface area (Å²) >= 11 is 0. The molecule has 90 valence electrons. The molecule has 0 aliphatic carbocycles. The van der Waals surface area contributed by atoms with E-state index in [1.54, 1.807) is 6.92 Å². The number of hydrogen-bond donors (Lipinski definition) is 2. The number of nitrogens with one attached hydrogen (secondary N) is 1. The van der Waals surface area contributed by atoms with E-state index in [2.05, 4.69) is 0 Å². The van der Waals surface area contributed by atoms with Crippen LogP contribution >= 0.6 is 0 Å². The van der Waals surface area contributed by atoms with E-state index in [9.17, 15) is 14.0 Å². The Balaban J connectivity index is 3.05. The maximum Gasteiger partial charge on any atom is 0.330 e. The van der Waals surface area contributed by atoms with Gasteiger partial charge in [-0.3, -0.25) is 14.3 Å². The SMILES string of the molecule is CCC(OCCO)n1cc(F)c(=O)[nH]c1=O. The van der Waals surface area contributed by atoms with Gasteiger partial charge in [0.1, 0.15) is 6.23 Å². The first-order chi connectivity index (χ1) is 7.60. The van der Waals surface area contributed by atoms with Crippen molar-refractivity contribution in [2.45, 2.75) is 19.6 Å². The lowest BCUT2D eigenvalue weighted by atomic mass is 10.4. The van der Waals surface area contributed by atoms with Crippen LogP contribution in [-0.2, 0) is 4.74 Å². The molecule has 0 spiro atoms. The van der Waals surface area contributed by atoms with Gasteiger partial charge < -0.3 is 9.84 Å². The minimum Gasteiger partial charge on any atom is -0.394 e. The van der Waals surface area contributed by atoms with Crippen LogP contribution in [0.15, 0.2) is 15.8 Å². The summed E-state index contributed by atoms with van der Waals surface area (Å²) in [6, 6.07) is 0. The van der Waals surface area contributed by atoms with Crippen LogP contribution in [0.25, 0.3) is 0 Å². The zero-order valence-electron chi connectivity index (χ0n) is 8.77. The lowest BCUT2D eigenvalue weighted by Crippen LogP contribution is -2.34. The molecular formula is C9H13FN2O4. The summed E-state index contributed by atoms with van der Waals surface area (Å²) < 4.78 is 19.0. The third-order valence-electron chi connectivity index (χ3n) is 1.99. The molecule has 6 nitrogen and oxygen atoms in total. The molecular weight excluding hydrogens is 219 g/mol. The Bertz CT molecular complexity index is 454. The Kier molecular flexibility index (Phi) is 4.39. The molecule has 7 heteroatoms. The van der Waals surface area contributed by atoms with Gasteiger partial charge in [-0.2, -0.15) is 4.39 Å².